The Hall–Kier alpha value is -1.75. The first-order valence-electron chi connectivity index (χ1n) is 4.71. The Balaban J connectivity index is 2.45. The van der Waals surface area contributed by atoms with Crippen molar-refractivity contribution < 1.29 is 9.53 Å². The van der Waals surface area contributed by atoms with E-state index in [1.807, 2.05) is 25.2 Å². The quantitative estimate of drug-likeness (QED) is 0.735. The lowest BCUT2D eigenvalue weighted by atomic mass is 10.2. The molecule has 0 aromatic heterocycles. The Morgan fingerprint density at radius 1 is 1.60 bits per heavy atom. The molecule has 1 aliphatic rings. The summed E-state index contributed by atoms with van der Waals surface area (Å²) in [6.45, 7) is 0.228. The number of rotatable bonds is 2. The van der Waals surface area contributed by atoms with Crippen molar-refractivity contribution in [3.05, 3.63) is 18.2 Å². The lowest BCUT2D eigenvalue weighted by Crippen LogP contribution is -2.42. The maximum absolute atomic E-state index is 11.5. The zero-order chi connectivity index (χ0) is 10.8. The smallest absolute Gasteiger partial charge is 0.266 e. The molecule has 0 fully saturated rings. The SMILES string of the molecule is CNc1ccc2c(c1)N(CN)C(=O)CO2. The van der Waals surface area contributed by atoms with E-state index in [1.54, 1.807) is 0 Å². The van der Waals surface area contributed by atoms with Crippen molar-refractivity contribution in [2.75, 3.05) is 30.5 Å². The molecule has 2 rings (SSSR count). The molecule has 0 saturated heterocycles. The summed E-state index contributed by atoms with van der Waals surface area (Å²) in [6, 6.07) is 5.57. The molecule has 15 heavy (non-hydrogen) atoms. The summed E-state index contributed by atoms with van der Waals surface area (Å²) < 4.78 is 5.29. The number of benzene rings is 1. The summed E-state index contributed by atoms with van der Waals surface area (Å²) in [4.78, 5) is 13.0. The Morgan fingerprint density at radius 3 is 3.07 bits per heavy atom. The van der Waals surface area contributed by atoms with Crippen LogP contribution in [0.3, 0.4) is 0 Å². The van der Waals surface area contributed by atoms with Crippen molar-refractivity contribution in [3.63, 3.8) is 0 Å². The van der Waals surface area contributed by atoms with Crippen LogP contribution < -0.4 is 20.7 Å². The van der Waals surface area contributed by atoms with E-state index >= 15 is 0 Å². The van der Waals surface area contributed by atoms with Crippen molar-refractivity contribution in [1.82, 2.24) is 0 Å². The van der Waals surface area contributed by atoms with Gasteiger partial charge in [0.25, 0.3) is 5.91 Å². The first-order chi connectivity index (χ1) is 7.26. The predicted octanol–water partition coefficient (Wildman–Crippen LogP) is 0.370. The van der Waals surface area contributed by atoms with Gasteiger partial charge in [-0.2, -0.15) is 0 Å². The third kappa shape index (κ3) is 1.61. The molecule has 80 valence electrons. The van der Waals surface area contributed by atoms with Gasteiger partial charge in [-0.05, 0) is 18.2 Å². The molecule has 0 atom stereocenters. The van der Waals surface area contributed by atoms with Crippen LogP contribution in [-0.2, 0) is 4.79 Å². The molecule has 0 aliphatic carbocycles. The number of amides is 1. The number of carbonyl (C=O) groups is 1. The van der Waals surface area contributed by atoms with Gasteiger partial charge in [0, 0.05) is 12.7 Å². The summed E-state index contributed by atoms with van der Waals surface area (Å²) in [5, 5.41) is 3.00. The molecule has 0 saturated carbocycles. The van der Waals surface area contributed by atoms with Gasteiger partial charge in [-0.15, -0.1) is 0 Å². The predicted molar refractivity (Wildman–Crippen MR) is 58.0 cm³/mol. The Bertz CT molecular complexity index is 392. The molecule has 0 radical (unpaired) electrons. The van der Waals surface area contributed by atoms with Crippen LogP contribution in [0.4, 0.5) is 11.4 Å². The minimum Gasteiger partial charge on any atom is -0.482 e. The maximum atomic E-state index is 11.5. The molecule has 5 heteroatoms. The second-order valence-electron chi connectivity index (χ2n) is 3.23. The number of hydrogen-bond acceptors (Lipinski definition) is 4. The average molecular weight is 207 g/mol. The lowest BCUT2D eigenvalue weighted by molar-refractivity contribution is -0.121. The molecule has 1 aromatic rings. The Kier molecular flexibility index (Phi) is 2.47. The van der Waals surface area contributed by atoms with Crippen molar-refractivity contribution in [2.24, 2.45) is 5.73 Å². The lowest BCUT2D eigenvalue weighted by Gasteiger charge is -2.28. The van der Waals surface area contributed by atoms with Gasteiger partial charge in [-0.3, -0.25) is 9.69 Å². The highest BCUT2D eigenvalue weighted by atomic mass is 16.5. The van der Waals surface area contributed by atoms with Crippen LogP contribution in [-0.4, -0.2) is 26.2 Å². The molecule has 1 aliphatic heterocycles. The highest BCUT2D eigenvalue weighted by Crippen LogP contribution is 2.33. The second kappa shape index (κ2) is 3.78. The third-order valence-corrected chi connectivity index (χ3v) is 2.37. The topological polar surface area (TPSA) is 67.6 Å². The van der Waals surface area contributed by atoms with E-state index in [2.05, 4.69) is 5.32 Å². The normalized spacial score (nSPS) is 14.5. The molecule has 1 heterocycles. The minimum atomic E-state index is -0.113. The fraction of sp³-hybridized carbons (Fsp3) is 0.300. The molecule has 0 bridgehead atoms. The van der Waals surface area contributed by atoms with E-state index in [4.69, 9.17) is 10.5 Å². The number of hydrogen-bond donors (Lipinski definition) is 2. The van der Waals surface area contributed by atoms with Crippen molar-refractivity contribution >= 4 is 17.3 Å². The summed E-state index contributed by atoms with van der Waals surface area (Å²) in [5.41, 5.74) is 7.17. The van der Waals surface area contributed by atoms with Crippen LogP contribution in [0.1, 0.15) is 0 Å². The van der Waals surface area contributed by atoms with E-state index in [0.717, 1.165) is 11.4 Å². The number of nitrogens with one attached hydrogen (secondary N) is 1. The van der Waals surface area contributed by atoms with Crippen LogP contribution >= 0.6 is 0 Å². The van der Waals surface area contributed by atoms with Gasteiger partial charge in [0.05, 0.1) is 12.4 Å². The molecule has 3 N–H and O–H groups in total. The Morgan fingerprint density at radius 2 is 2.40 bits per heavy atom. The fourth-order valence-corrected chi connectivity index (χ4v) is 1.56. The summed E-state index contributed by atoms with van der Waals surface area (Å²) in [7, 11) is 1.82. The maximum Gasteiger partial charge on any atom is 0.266 e. The van der Waals surface area contributed by atoms with Gasteiger partial charge in [-0.1, -0.05) is 0 Å². The molecule has 5 nitrogen and oxygen atoms in total. The van der Waals surface area contributed by atoms with E-state index in [1.165, 1.54) is 4.90 Å². The second-order valence-corrected chi connectivity index (χ2v) is 3.23. The van der Waals surface area contributed by atoms with E-state index in [9.17, 15) is 4.79 Å². The van der Waals surface area contributed by atoms with Crippen molar-refractivity contribution in [1.29, 1.82) is 0 Å². The highest BCUT2D eigenvalue weighted by Gasteiger charge is 2.24. The van der Waals surface area contributed by atoms with Crippen LogP contribution in [0.5, 0.6) is 5.75 Å². The third-order valence-electron chi connectivity index (χ3n) is 2.37. The molecule has 1 amide bonds. The summed E-state index contributed by atoms with van der Waals surface area (Å²) in [5.74, 6) is 0.581. The van der Waals surface area contributed by atoms with Crippen molar-refractivity contribution in [3.8, 4) is 5.75 Å². The summed E-state index contributed by atoms with van der Waals surface area (Å²) >= 11 is 0. The zero-order valence-corrected chi connectivity index (χ0v) is 8.49. The van der Waals surface area contributed by atoms with Gasteiger partial charge in [0.1, 0.15) is 5.75 Å². The van der Waals surface area contributed by atoms with E-state index < -0.39 is 0 Å². The van der Waals surface area contributed by atoms with Crippen LogP contribution in [0, 0.1) is 0 Å². The number of nitrogens with zero attached hydrogens (tertiary/aromatic N) is 1. The van der Waals surface area contributed by atoms with Crippen LogP contribution in [0.2, 0.25) is 0 Å². The monoisotopic (exact) mass is 207 g/mol. The summed E-state index contributed by atoms with van der Waals surface area (Å²) in [6.07, 6.45) is 0. The fourth-order valence-electron chi connectivity index (χ4n) is 1.56. The van der Waals surface area contributed by atoms with Crippen LogP contribution in [0.25, 0.3) is 0 Å². The van der Waals surface area contributed by atoms with Gasteiger partial charge in [-0.25, -0.2) is 0 Å². The first kappa shape index (κ1) is 9.79. The molecular formula is C10H13N3O2. The molecular weight excluding hydrogens is 194 g/mol. The minimum absolute atomic E-state index is 0.0586. The standard InChI is InChI=1S/C10H13N3O2/c1-12-7-2-3-9-8(4-7)13(6-11)10(14)5-15-9/h2-4,12H,5-6,11H2,1H3. The molecule has 0 unspecified atom stereocenters. The van der Waals surface area contributed by atoms with Gasteiger partial charge >= 0.3 is 0 Å². The Labute approximate surface area is 87.8 Å². The van der Waals surface area contributed by atoms with Crippen molar-refractivity contribution in [2.45, 2.75) is 0 Å². The molecule has 1 aromatic carbocycles. The van der Waals surface area contributed by atoms with Gasteiger partial charge in [0.15, 0.2) is 6.61 Å². The first-order valence-corrected chi connectivity index (χ1v) is 4.71. The highest BCUT2D eigenvalue weighted by molar-refractivity contribution is 5.98. The van der Waals surface area contributed by atoms with E-state index in [0.29, 0.717) is 5.75 Å². The largest absolute Gasteiger partial charge is 0.482 e. The van der Waals surface area contributed by atoms with Gasteiger partial charge in [0.2, 0.25) is 0 Å². The molecule has 0 spiro atoms. The average Bonchev–Trinajstić information content (AvgIpc) is 2.28. The number of carbonyl (C=O) groups excluding carboxylic acids is 1. The van der Waals surface area contributed by atoms with E-state index in [-0.39, 0.29) is 19.2 Å². The number of nitrogens with two attached hydrogens (primary N) is 1. The zero-order valence-electron chi connectivity index (χ0n) is 8.49. The number of fused-ring (bicyclic) bond motifs is 1. The number of anilines is 2. The van der Waals surface area contributed by atoms with Gasteiger partial charge < -0.3 is 15.8 Å². The number of ether oxygens (including phenoxy) is 1. The van der Waals surface area contributed by atoms with Crippen LogP contribution in [0.15, 0.2) is 18.2 Å².